The molecule has 0 spiro atoms. The number of aryl methyl sites for hydroxylation is 1. The number of rotatable bonds is 7. The fourth-order valence-corrected chi connectivity index (χ4v) is 4.42. The Morgan fingerprint density at radius 1 is 1.48 bits per heavy atom. The van der Waals surface area contributed by atoms with E-state index in [1.165, 1.54) is 0 Å². The summed E-state index contributed by atoms with van der Waals surface area (Å²) in [5.74, 6) is 0. The second kappa shape index (κ2) is 6.69. The molecule has 1 unspecified atom stereocenters. The van der Waals surface area contributed by atoms with Crippen LogP contribution in [0.25, 0.3) is 0 Å². The normalized spacial score (nSPS) is 13.5. The number of hydrogen-bond acceptors (Lipinski definition) is 5. The zero-order valence-corrected chi connectivity index (χ0v) is 13.9. The van der Waals surface area contributed by atoms with E-state index in [2.05, 4.69) is 20.2 Å². The molecule has 2 heterocycles. The van der Waals surface area contributed by atoms with E-state index in [1.54, 1.807) is 18.3 Å². The quantitative estimate of drug-likeness (QED) is 0.725. The van der Waals surface area contributed by atoms with Gasteiger partial charge in [-0.3, -0.25) is 5.10 Å². The van der Waals surface area contributed by atoms with Gasteiger partial charge in [0.15, 0.2) is 0 Å². The molecule has 2 aromatic heterocycles. The molecule has 21 heavy (non-hydrogen) atoms. The fourth-order valence-electron chi connectivity index (χ4n) is 2.07. The minimum Gasteiger partial charge on any atom is -0.311 e. The van der Waals surface area contributed by atoms with Gasteiger partial charge in [0, 0.05) is 12.6 Å². The van der Waals surface area contributed by atoms with Gasteiger partial charge in [0.25, 0.3) is 0 Å². The van der Waals surface area contributed by atoms with Crippen molar-refractivity contribution in [2.75, 3.05) is 6.54 Å². The van der Waals surface area contributed by atoms with Crippen molar-refractivity contribution in [3.05, 3.63) is 33.8 Å². The van der Waals surface area contributed by atoms with E-state index in [0.29, 0.717) is 17.9 Å². The lowest BCUT2D eigenvalue weighted by Crippen LogP contribution is -2.28. The summed E-state index contributed by atoms with van der Waals surface area (Å²) in [5.41, 5.74) is 2.02. The largest absolute Gasteiger partial charge is 0.311 e. The Labute approximate surface area is 129 Å². The third kappa shape index (κ3) is 3.70. The van der Waals surface area contributed by atoms with Crippen LogP contribution in [-0.2, 0) is 16.6 Å². The zero-order valence-electron chi connectivity index (χ0n) is 12.3. The van der Waals surface area contributed by atoms with Gasteiger partial charge in [-0.05, 0) is 42.8 Å². The van der Waals surface area contributed by atoms with Crippen molar-refractivity contribution >= 4 is 21.4 Å². The lowest BCUT2D eigenvalue weighted by atomic mass is 10.2. The summed E-state index contributed by atoms with van der Waals surface area (Å²) in [4.78, 5) is 0.241. The molecule has 0 amide bonds. The number of nitrogens with one attached hydrogen (secondary N) is 3. The molecule has 0 aliphatic heterocycles. The predicted octanol–water partition coefficient (Wildman–Crippen LogP) is 1.93. The molecule has 1 atom stereocenters. The fraction of sp³-hybridized carbons (Fsp3) is 0.462. The Kier molecular flexibility index (Phi) is 5.15. The number of nitrogens with zero attached hydrogens (tertiary/aromatic N) is 1. The molecule has 0 fully saturated rings. The summed E-state index contributed by atoms with van der Waals surface area (Å²) in [6.07, 6.45) is 0. The molecule has 6 nitrogen and oxygen atoms in total. The van der Waals surface area contributed by atoms with Gasteiger partial charge in [-0.2, -0.15) is 16.4 Å². The number of aromatic amines is 1. The summed E-state index contributed by atoms with van der Waals surface area (Å²) in [6, 6.07) is 1.64. The highest BCUT2D eigenvalue weighted by Gasteiger charge is 2.26. The number of aromatic nitrogens is 2. The van der Waals surface area contributed by atoms with Crippen LogP contribution in [0.2, 0.25) is 0 Å². The van der Waals surface area contributed by atoms with Crippen LogP contribution in [0.3, 0.4) is 0 Å². The van der Waals surface area contributed by atoms with Gasteiger partial charge in [0.2, 0.25) is 10.0 Å². The first-order valence-electron chi connectivity index (χ1n) is 6.74. The lowest BCUT2D eigenvalue weighted by Gasteiger charge is -2.14. The minimum absolute atomic E-state index is 0.241. The monoisotopic (exact) mass is 328 g/mol. The Morgan fingerprint density at radius 2 is 2.24 bits per heavy atom. The summed E-state index contributed by atoms with van der Waals surface area (Å²) in [6.45, 7) is 6.68. The van der Waals surface area contributed by atoms with E-state index >= 15 is 0 Å². The number of H-pyrrole nitrogens is 1. The van der Waals surface area contributed by atoms with Crippen molar-refractivity contribution < 1.29 is 8.42 Å². The SMILES string of the molecule is CCNCc1n[nH]c(C)c1S(=O)(=O)NC(C)c1ccsc1. The van der Waals surface area contributed by atoms with Crippen molar-refractivity contribution in [2.24, 2.45) is 0 Å². The highest BCUT2D eigenvalue weighted by atomic mass is 32.2. The third-order valence-corrected chi connectivity index (χ3v) is 5.59. The van der Waals surface area contributed by atoms with Gasteiger partial charge < -0.3 is 5.32 Å². The molecule has 0 bridgehead atoms. The van der Waals surface area contributed by atoms with Gasteiger partial charge in [0.1, 0.15) is 4.90 Å². The van der Waals surface area contributed by atoms with Crippen LogP contribution in [0.5, 0.6) is 0 Å². The molecule has 3 N–H and O–H groups in total. The van der Waals surface area contributed by atoms with Crippen molar-refractivity contribution in [2.45, 2.75) is 38.3 Å². The number of hydrogen-bond donors (Lipinski definition) is 3. The molecular formula is C13H20N4O2S2. The van der Waals surface area contributed by atoms with Crippen LogP contribution in [0, 0.1) is 6.92 Å². The molecular weight excluding hydrogens is 308 g/mol. The van der Waals surface area contributed by atoms with Crippen LogP contribution in [-0.4, -0.2) is 25.2 Å². The Bertz CT molecular complexity index is 677. The lowest BCUT2D eigenvalue weighted by molar-refractivity contribution is 0.564. The van der Waals surface area contributed by atoms with E-state index in [-0.39, 0.29) is 10.9 Å². The van der Waals surface area contributed by atoms with E-state index in [4.69, 9.17) is 0 Å². The summed E-state index contributed by atoms with van der Waals surface area (Å²) in [5, 5.41) is 13.8. The second-order valence-electron chi connectivity index (χ2n) is 4.80. The van der Waals surface area contributed by atoms with E-state index in [9.17, 15) is 8.42 Å². The van der Waals surface area contributed by atoms with Gasteiger partial charge >= 0.3 is 0 Å². The van der Waals surface area contributed by atoms with Crippen LogP contribution in [0.15, 0.2) is 21.7 Å². The van der Waals surface area contributed by atoms with Gasteiger partial charge in [-0.25, -0.2) is 13.1 Å². The zero-order chi connectivity index (χ0) is 15.5. The Hall–Kier alpha value is -1.22. The van der Waals surface area contributed by atoms with Crippen molar-refractivity contribution in [3.63, 3.8) is 0 Å². The van der Waals surface area contributed by atoms with E-state index < -0.39 is 10.0 Å². The smallest absolute Gasteiger partial charge is 0.244 e. The van der Waals surface area contributed by atoms with Crippen LogP contribution in [0.4, 0.5) is 0 Å². The van der Waals surface area contributed by atoms with Crippen molar-refractivity contribution in [1.29, 1.82) is 0 Å². The van der Waals surface area contributed by atoms with Gasteiger partial charge in [-0.15, -0.1) is 0 Å². The maximum Gasteiger partial charge on any atom is 0.244 e. The first-order valence-corrected chi connectivity index (χ1v) is 9.17. The molecule has 2 aromatic rings. The molecule has 0 aromatic carbocycles. The number of thiophene rings is 1. The maximum atomic E-state index is 12.6. The van der Waals surface area contributed by atoms with Gasteiger partial charge in [-0.1, -0.05) is 6.92 Å². The molecule has 8 heteroatoms. The highest BCUT2D eigenvalue weighted by molar-refractivity contribution is 7.89. The average Bonchev–Trinajstić information content (AvgIpc) is 3.05. The topological polar surface area (TPSA) is 86.9 Å². The summed E-state index contributed by atoms with van der Waals surface area (Å²) >= 11 is 1.55. The van der Waals surface area contributed by atoms with Crippen molar-refractivity contribution in [1.82, 2.24) is 20.2 Å². The third-order valence-electron chi connectivity index (χ3n) is 3.15. The first-order chi connectivity index (χ1) is 9.95. The predicted molar refractivity (Wildman–Crippen MR) is 83.8 cm³/mol. The van der Waals surface area contributed by atoms with Crippen LogP contribution < -0.4 is 10.0 Å². The number of sulfonamides is 1. The molecule has 0 aliphatic rings. The van der Waals surface area contributed by atoms with Gasteiger partial charge in [0.05, 0.1) is 11.4 Å². The van der Waals surface area contributed by atoms with Crippen molar-refractivity contribution in [3.8, 4) is 0 Å². The van der Waals surface area contributed by atoms with Crippen LogP contribution >= 0.6 is 11.3 Å². The summed E-state index contributed by atoms with van der Waals surface area (Å²) in [7, 11) is -3.61. The average molecular weight is 328 g/mol. The second-order valence-corrected chi connectivity index (χ2v) is 7.24. The Morgan fingerprint density at radius 3 is 2.86 bits per heavy atom. The molecule has 116 valence electrons. The van der Waals surface area contributed by atoms with Crippen LogP contribution in [0.1, 0.15) is 36.8 Å². The molecule has 0 saturated heterocycles. The molecule has 0 radical (unpaired) electrons. The molecule has 0 aliphatic carbocycles. The maximum absolute atomic E-state index is 12.6. The summed E-state index contributed by atoms with van der Waals surface area (Å²) < 4.78 is 27.9. The van der Waals surface area contributed by atoms with E-state index in [0.717, 1.165) is 12.1 Å². The van der Waals surface area contributed by atoms with E-state index in [1.807, 2.05) is 30.7 Å². The molecule has 2 rings (SSSR count). The minimum atomic E-state index is -3.61. The standard InChI is InChI=1S/C13H20N4O2S2/c1-4-14-7-12-13(10(3)15-16-12)21(18,19)17-9(2)11-5-6-20-8-11/h5-6,8-9,14,17H,4,7H2,1-3H3,(H,15,16). The molecule has 0 saturated carbocycles. The Balaban J connectivity index is 2.25. The first kappa shape index (κ1) is 16.2. The highest BCUT2D eigenvalue weighted by Crippen LogP contribution is 2.22.